The average Bonchev–Trinajstić information content (AvgIpc) is 3.03. The van der Waals surface area contributed by atoms with E-state index in [1.807, 2.05) is 55.5 Å². The molecule has 0 heterocycles. The lowest BCUT2D eigenvalue weighted by molar-refractivity contribution is 0.193. The van der Waals surface area contributed by atoms with Gasteiger partial charge in [0.2, 0.25) is 0 Å². The van der Waals surface area contributed by atoms with Crippen molar-refractivity contribution in [2.45, 2.75) is 39.0 Å². The molecule has 10 nitrogen and oxygen atoms in total. The van der Waals surface area contributed by atoms with Gasteiger partial charge in [-0.1, -0.05) is 24.3 Å². The highest BCUT2D eigenvalue weighted by Crippen LogP contribution is 2.21. The van der Waals surface area contributed by atoms with Gasteiger partial charge < -0.3 is 18.9 Å². The first-order valence-electron chi connectivity index (χ1n) is 13.7. The maximum Gasteiger partial charge on any atom is 0.292 e. The predicted molar refractivity (Wildman–Crippen MR) is 160 cm³/mol. The Morgan fingerprint density at radius 1 is 0.605 bits per heavy atom. The lowest BCUT2D eigenvalue weighted by Crippen LogP contribution is -2.13. The predicted octanol–water partition coefficient (Wildman–Crippen LogP) is 8.60. The van der Waals surface area contributed by atoms with Crippen molar-refractivity contribution in [2.75, 3.05) is 6.61 Å². The molecule has 0 amide bonds. The second-order valence-corrected chi connectivity index (χ2v) is 9.38. The molecule has 0 aliphatic rings. The van der Waals surface area contributed by atoms with E-state index in [2.05, 4.69) is 20.5 Å². The van der Waals surface area contributed by atoms with Crippen LogP contribution in [-0.2, 0) is 13.1 Å². The van der Waals surface area contributed by atoms with Crippen LogP contribution in [0.15, 0.2) is 118 Å². The van der Waals surface area contributed by atoms with Gasteiger partial charge in [-0.25, -0.2) is 0 Å². The van der Waals surface area contributed by atoms with Crippen molar-refractivity contribution in [3.8, 4) is 35.5 Å². The molecule has 1 unspecified atom stereocenters. The molecule has 0 bridgehead atoms. The maximum atomic E-state index is 8.53. The third-order valence-corrected chi connectivity index (χ3v) is 6.09. The summed E-state index contributed by atoms with van der Waals surface area (Å²) >= 11 is 0. The summed E-state index contributed by atoms with van der Waals surface area (Å²) in [5.74, 6) is 2.55. The largest absolute Gasteiger partial charge is 0.494 e. The van der Waals surface area contributed by atoms with Crippen molar-refractivity contribution in [1.29, 1.82) is 10.5 Å². The zero-order valence-electron chi connectivity index (χ0n) is 23.7. The normalized spacial score (nSPS) is 11.5. The second kappa shape index (κ2) is 16.5. The highest BCUT2D eigenvalue weighted by Gasteiger charge is 2.05. The zero-order chi connectivity index (χ0) is 30.1. The summed E-state index contributed by atoms with van der Waals surface area (Å²) in [7, 11) is 0. The van der Waals surface area contributed by atoms with Crippen molar-refractivity contribution in [3.05, 3.63) is 108 Å². The fraction of sp³-hybridized carbons (Fsp3) is 0.212. The van der Waals surface area contributed by atoms with Crippen LogP contribution in [0.2, 0.25) is 0 Å². The lowest BCUT2D eigenvalue weighted by atomic mass is 10.2. The molecule has 216 valence electrons. The van der Waals surface area contributed by atoms with E-state index in [4.69, 9.17) is 29.5 Å². The minimum atomic E-state index is 0.0462. The molecule has 4 aromatic carbocycles. The molecule has 0 fully saturated rings. The van der Waals surface area contributed by atoms with Crippen LogP contribution in [0.3, 0.4) is 0 Å². The van der Waals surface area contributed by atoms with E-state index >= 15 is 0 Å². The van der Waals surface area contributed by atoms with Crippen molar-refractivity contribution >= 4 is 11.4 Å². The quantitative estimate of drug-likeness (QED) is 0.0792. The number of nitrogens with zero attached hydrogens (tertiary/aromatic N) is 6. The van der Waals surface area contributed by atoms with Crippen molar-refractivity contribution in [1.82, 2.24) is 0 Å². The number of rotatable bonds is 15. The van der Waals surface area contributed by atoms with E-state index < -0.39 is 0 Å². The van der Waals surface area contributed by atoms with Gasteiger partial charge in [0.05, 0.1) is 37.2 Å². The van der Waals surface area contributed by atoms with Crippen LogP contribution >= 0.6 is 0 Å². The van der Waals surface area contributed by atoms with Gasteiger partial charge in [-0.05, 0) is 104 Å². The van der Waals surface area contributed by atoms with Crippen LogP contribution in [-0.4, -0.2) is 12.7 Å². The highest BCUT2D eigenvalue weighted by molar-refractivity contribution is 5.41. The van der Waals surface area contributed by atoms with Gasteiger partial charge in [-0.2, -0.15) is 20.5 Å². The minimum Gasteiger partial charge on any atom is -0.494 e. The third kappa shape index (κ3) is 10.6. The Bertz CT molecular complexity index is 1560. The number of nitriles is 2. The second-order valence-electron chi connectivity index (χ2n) is 9.38. The van der Waals surface area contributed by atoms with E-state index in [0.29, 0.717) is 42.6 Å². The Hall–Kier alpha value is -5.74. The molecule has 1 atom stereocenters. The average molecular weight is 575 g/mol. The van der Waals surface area contributed by atoms with E-state index in [9.17, 15) is 0 Å². The molecule has 0 radical (unpaired) electrons. The smallest absolute Gasteiger partial charge is 0.292 e. The molecule has 0 aliphatic heterocycles. The number of ether oxygens (including phenoxy) is 4. The Morgan fingerprint density at radius 3 is 1.51 bits per heavy atom. The van der Waals surface area contributed by atoms with E-state index in [1.54, 1.807) is 61.0 Å². The van der Waals surface area contributed by atoms with Gasteiger partial charge in [-0.3, -0.25) is 0 Å². The van der Waals surface area contributed by atoms with E-state index in [-0.39, 0.29) is 6.10 Å². The van der Waals surface area contributed by atoms with Crippen molar-refractivity contribution in [3.63, 3.8) is 0 Å². The highest BCUT2D eigenvalue weighted by atomic mass is 16.5. The van der Waals surface area contributed by atoms with Gasteiger partial charge in [-0.15, -0.1) is 10.5 Å². The van der Waals surface area contributed by atoms with Crippen LogP contribution in [0.4, 0.5) is 11.4 Å². The van der Waals surface area contributed by atoms with Crippen LogP contribution in [0, 0.1) is 23.0 Å². The molecule has 4 aromatic rings. The molecule has 4 rings (SSSR count). The van der Waals surface area contributed by atoms with E-state index in [1.165, 1.54) is 0 Å². The summed E-state index contributed by atoms with van der Waals surface area (Å²) < 4.78 is 21.4. The minimum absolute atomic E-state index is 0.0462. The Balaban J connectivity index is 1.11. The first-order valence-corrected chi connectivity index (χ1v) is 13.7. The van der Waals surface area contributed by atoms with Gasteiger partial charge in [0.25, 0.3) is 12.5 Å². The monoisotopic (exact) mass is 574 g/mol. The van der Waals surface area contributed by atoms with Gasteiger partial charge in [0.1, 0.15) is 23.0 Å². The molecule has 0 N–H and O–H groups in total. The zero-order valence-corrected chi connectivity index (χ0v) is 23.7. The summed E-state index contributed by atoms with van der Waals surface area (Å²) in [6, 6.07) is 29.3. The molecular formula is C33H30N6O4. The van der Waals surface area contributed by atoms with Crippen LogP contribution in [0.25, 0.3) is 0 Å². The standard InChI is InChI=1S/C33H30N6O4/c1-25(43-33-14-6-27(7-15-33)22-37-39-29-10-18-32(19-11-29)42-24-35)3-2-20-40-30-12-4-26(5-13-30)21-36-38-28-8-16-31(17-9-28)41-23-34/h4-19,25H,2-3,20-22H2,1H3. The number of benzene rings is 4. The summed E-state index contributed by atoms with van der Waals surface area (Å²) in [6.45, 7) is 3.54. The van der Waals surface area contributed by atoms with Gasteiger partial charge in [0.15, 0.2) is 0 Å². The Labute approximate surface area is 250 Å². The fourth-order valence-electron chi connectivity index (χ4n) is 3.88. The summed E-state index contributed by atoms with van der Waals surface area (Å²) in [5, 5.41) is 33.9. The molecule has 0 aliphatic carbocycles. The molecule has 43 heavy (non-hydrogen) atoms. The molecule has 0 spiro atoms. The van der Waals surface area contributed by atoms with Crippen LogP contribution in [0.1, 0.15) is 30.9 Å². The molecule has 0 saturated carbocycles. The lowest BCUT2D eigenvalue weighted by Gasteiger charge is -2.15. The topological polar surface area (TPSA) is 134 Å². The molecule has 10 heteroatoms. The SMILES string of the molecule is CC(CCCOc1ccc(CN=Nc2ccc(OC#N)cc2)cc1)Oc1ccc(CN=Nc2ccc(OC#N)cc2)cc1. The van der Waals surface area contributed by atoms with Crippen molar-refractivity contribution < 1.29 is 18.9 Å². The Kier molecular flexibility index (Phi) is 11.6. The van der Waals surface area contributed by atoms with Crippen molar-refractivity contribution in [2.24, 2.45) is 20.5 Å². The first-order chi connectivity index (χ1) is 21.1. The van der Waals surface area contributed by atoms with Gasteiger partial charge >= 0.3 is 0 Å². The molecular weight excluding hydrogens is 544 g/mol. The summed E-state index contributed by atoms with van der Waals surface area (Å²) in [5.41, 5.74) is 3.42. The maximum absolute atomic E-state index is 8.53. The Morgan fingerprint density at radius 2 is 1.05 bits per heavy atom. The van der Waals surface area contributed by atoms with E-state index in [0.717, 1.165) is 35.5 Å². The number of hydrogen-bond donors (Lipinski definition) is 0. The third-order valence-electron chi connectivity index (χ3n) is 6.09. The number of azo groups is 2. The molecule has 0 saturated heterocycles. The summed E-state index contributed by atoms with van der Waals surface area (Å²) in [4.78, 5) is 0. The number of hydrogen-bond acceptors (Lipinski definition) is 10. The van der Waals surface area contributed by atoms with Crippen LogP contribution in [0.5, 0.6) is 23.0 Å². The summed E-state index contributed by atoms with van der Waals surface area (Å²) in [6.07, 6.45) is 5.03. The van der Waals surface area contributed by atoms with Gasteiger partial charge in [0, 0.05) is 0 Å². The fourth-order valence-corrected chi connectivity index (χ4v) is 3.88. The van der Waals surface area contributed by atoms with Crippen LogP contribution < -0.4 is 18.9 Å². The molecule has 0 aromatic heterocycles. The first kappa shape index (κ1) is 30.2.